The summed E-state index contributed by atoms with van der Waals surface area (Å²) in [5, 5.41) is 0. The Bertz CT molecular complexity index is 82.3. The SMILES string of the molecule is O=S(O)OS(=O)O. The first-order valence-corrected chi connectivity index (χ1v) is 3.10. The lowest BCUT2D eigenvalue weighted by molar-refractivity contribution is 0.427. The minimum atomic E-state index is -2.65. The largest absolute Gasteiger partial charge is 0.317 e. The molecule has 0 rings (SSSR count). The Labute approximate surface area is 44.7 Å². The summed E-state index contributed by atoms with van der Waals surface area (Å²) in [4.78, 5) is 0. The molecule has 7 heavy (non-hydrogen) atoms. The quantitative estimate of drug-likeness (QED) is 0.502. The lowest BCUT2D eigenvalue weighted by Crippen LogP contribution is -1.96. The molecule has 0 aromatic rings. The second-order valence-corrected chi connectivity index (χ2v) is 1.92. The predicted molar refractivity (Wildman–Crippen MR) is 22.6 cm³/mol. The summed E-state index contributed by atoms with van der Waals surface area (Å²) < 4.78 is 37.2. The predicted octanol–water partition coefficient (Wildman–Crippen LogP) is -0.724. The van der Waals surface area contributed by atoms with Crippen LogP contribution in [0.1, 0.15) is 0 Å². The van der Waals surface area contributed by atoms with E-state index in [0.29, 0.717) is 0 Å². The number of rotatable bonds is 2. The van der Waals surface area contributed by atoms with Gasteiger partial charge < -0.3 is 0 Å². The van der Waals surface area contributed by atoms with Crippen LogP contribution < -0.4 is 0 Å². The molecule has 0 aliphatic heterocycles. The Morgan fingerprint density at radius 1 is 1.14 bits per heavy atom. The first-order valence-electron chi connectivity index (χ1n) is 1.03. The normalized spacial score (nSPS) is 18.6. The summed E-state index contributed by atoms with van der Waals surface area (Å²) in [7, 11) is 0. The third-order valence-corrected chi connectivity index (χ3v) is 1.05. The van der Waals surface area contributed by atoms with Crippen molar-refractivity contribution < 1.29 is 21.2 Å². The summed E-state index contributed by atoms with van der Waals surface area (Å²) >= 11 is -5.29. The molecule has 0 aromatic carbocycles. The molecule has 0 saturated heterocycles. The van der Waals surface area contributed by atoms with Gasteiger partial charge >= 0.3 is 22.7 Å². The van der Waals surface area contributed by atoms with Gasteiger partial charge in [0.2, 0.25) is 0 Å². The summed E-state index contributed by atoms with van der Waals surface area (Å²) in [6.07, 6.45) is 0. The van der Waals surface area contributed by atoms with E-state index < -0.39 is 22.7 Å². The molecule has 0 unspecified atom stereocenters. The topological polar surface area (TPSA) is 83.8 Å². The van der Waals surface area contributed by atoms with E-state index in [0.717, 1.165) is 0 Å². The molecular formula is H2O5S2. The highest BCUT2D eigenvalue weighted by Crippen LogP contribution is 1.79. The molecule has 0 aromatic heterocycles. The smallest absolute Gasteiger partial charge is 0.283 e. The Morgan fingerprint density at radius 2 is 1.43 bits per heavy atom. The minimum absolute atomic E-state index is 2.65. The Morgan fingerprint density at radius 3 is 1.43 bits per heavy atom. The van der Waals surface area contributed by atoms with Gasteiger partial charge in [0.25, 0.3) is 0 Å². The average molecular weight is 146 g/mol. The number of hydrogen-bond acceptors (Lipinski definition) is 3. The lowest BCUT2D eigenvalue weighted by Gasteiger charge is -1.82. The van der Waals surface area contributed by atoms with E-state index in [9.17, 15) is 8.42 Å². The van der Waals surface area contributed by atoms with E-state index in [4.69, 9.17) is 9.11 Å². The minimum Gasteiger partial charge on any atom is -0.283 e. The highest BCUT2D eigenvalue weighted by Gasteiger charge is 1.95. The number of hydrogen-bond donors (Lipinski definition) is 2. The van der Waals surface area contributed by atoms with Gasteiger partial charge in [-0.15, -0.1) is 3.63 Å². The van der Waals surface area contributed by atoms with Gasteiger partial charge in [0.15, 0.2) is 0 Å². The zero-order valence-corrected chi connectivity index (χ0v) is 4.57. The molecule has 0 amide bonds. The molecule has 44 valence electrons. The molecule has 0 aliphatic carbocycles. The van der Waals surface area contributed by atoms with E-state index in [-0.39, 0.29) is 0 Å². The van der Waals surface area contributed by atoms with Crippen LogP contribution in [0.4, 0.5) is 0 Å². The summed E-state index contributed by atoms with van der Waals surface area (Å²) in [5.74, 6) is 0. The molecule has 0 saturated carbocycles. The van der Waals surface area contributed by atoms with E-state index in [1.54, 1.807) is 0 Å². The second-order valence-electron chi connectivity index (χ2n) is 0.502. The van der Waals surface area contributed by atoms with Crippen molar-refractivity contribution in [3.05, 3.63) is 0 Å². The molecule has 0 radical (unpaired) electrons. The maximum Gasteiger partial charge on any atom is 0.317 e. The van der Waals surface area contributed by atoms with Crippen molar-refractivity contribution in [1.29, 1.82) is 0 Å². The summed E-state index contributed by atoms with van der Waals surface area (Å²) in [5.41, 5.74) is 0. The van der Waals surface area contributed by atoms with Crippen LogP contribution in [-0.2, 0) is 26.4 Å². The highest BCUT2D eigenvalue weighted by atomic mass is 32.3. The van der Waals surface area contributed by atoms with Gasteiger partial charge in [0.05, 0.1) is 0 Å². The van der Waals surface area contributed by atoms with Crippen LogP contribution in [-0.4, -0.2) is 17.5 Å². The molecule has 0 heterocycles. The molecular weight excluding hydrogens is 144 g/mol. The van der Waals surface area contributed by atoms with Crippen LogP contribution in [0.25, 0.3) is 0 Å². The van der Waals surface area contributed by atoms with Gasteiger partial charge in [0.1, 0.15) is 0 Å². The first kappa shape index (κ1) is 7.18. The molecule has 0 atom stereocenters. The van der Waals surface area contributed by atoms with Crippen LogP contribution >= 0.6 is 0 Å². The van der Waals surface area contributed by atoms with E-state index in [1.165, 1.54) is 0 Å². The van der Waals surface area contributed by atoms with Crippen LogP contribution in [0.15, 0.2) is 0 Å². The summed E-state index contributed by atoms with van der Waals surface area (Å²) in [6.45, 7) is 0. The maximum atomic E-state index is 9.35. The molecule has 2 N–H and O–H groups in total. The molecule has 0 aliphatic rings. The first-order chi connectivity index (χ1) is 3.13. The van der Waals surface area contributed by atoms with Crippen molar-refractivity contribution in [1.82, 2.24) is 0 Å². The fourth-order valence-electron chi connectivity index (χ4n) is 0.0498. The van der Waals surface area contributed by atoms with Crippen molar-refractivity contribution >= 4 is 22.7 Å². The third-order valence-electron chi connectivity index (χ3n) is 0.116. The van der Waals surface area contributed by atoms with Crippen LogP contribution in [0, 0.1) is 0 Å². The fraction of sp³-hybridized carbons (Fsp3) is 0. The molecule has 5 nitrogen and oxygen atoms in total. The molecule has 0 fully saturated rings. The standard InChI is InChI=1S/H2O5S2/c1-6(2)5-7(3)4/h(H,1,2)(H,3,4). The van der Waals surface area contributed by atoms with E-state index >= 15 is 0 Å². The van der Waals surface area contributed by atoms with Gasteiger partial charge in [-0.05, 0) is 0 Å². The van der Waals surface area contributed by atoms with Crippen LogP contribution in [0.2, 0.25) is 0 Å². The molecule has 0 spiro atoms. The Kier molecular flexibility index (Phi) is 3.30. The van der Waals surface area contributed by atoms with Crippen molar-refractivity contribution in [3.8, 4) is 0 Å². The zero-order valence-electron chi connectivity index (χ0n) is 2.94. The second kappa shape index (κ2) is 3.22. The zero-order chi connectivity index (χ0) is 5.86. The average Bonchev–Trinajstić information content (AvgIpc) is 1.27. The molecule has 0 bridgehead atoms. The Hall–Kier alpha value is 0.180. The Balaban J connectivity index is 3.32. The van der Waals surface area contributed by atoms with Gasteiger partial charge in [-0.2, -0.15) is 8.42 Å². The van der Waals surface area contributed by atoms with E-state index in [2.05, 4.69) is 3.63 Å². The van der Waals surface area contributed by atoms with Gasteiger partial charge in [-0.1, -0.05) is 0 Å². The monoisotopic (exact) mass is 146 g/mol. The van der Waals surface area contributed by atoms with Crippen LogP contribution in [0.5, 0.6) is 0 Å². The van der Waals surface area contributed by atoms with Gasteiger partial charge in [-0.25, -0.2) is 0 Å². The van der Waals surface area contributed by atoms with Gasteiger partial charge in [-0.3, -0.25) is 9.11 Å². The van der Waals surface area contributed by atoms with Crippen molar-refractivity contribution in [2.45, 2.75) is 0 Å². The molecule has 7 heteroatoms. The van der Waals surface area contributed by atoms with Crippen molar-refractivity contribution in [2.24, 2.45) is 0 Å². The third kappa shape index (κ3) is 6.18. The maximum absolute atomic E-state index is 9.35. The van der Waals surface area contributed by atoms with E-state index in [1.807, 2.05) is 0 Å². The fourth-order valence-corrected chi connectivity index (χ4v) is 0.448. The highest BCUT2D eigenvalue weighted by molar-refractivity contribution is 7.87. The van der Waals surface area contributed by atoms with Crippen molar-refractivity contribution in [2.75, 3.05) is 0 Å². The van der Waals surface area contributed by atoms with Gasteiger partial charge in [0, 0.05) is 0 Å². The van der Waals surface area contributed by atoms with Crippen molar-refractivity contribution in [3.63, 3.8) is 0 Å². The summed E-state index contributed by atoms with van der Waals surface area (Å²) in [6, 6.07) is 0. The van der Waals surface area contributed by atoms with Crippen LogP contribution in [0.3, 0.4) is 0 Å². The lowest BCUT2D eigenvalue weighted by atomic mass is 15.8.